The van der Waals surface area contributed by atoms with Crippen LogP contribution in [0.15, 0.2) is 54.6 Å². The number of hydrogen-bond acceptors (Lipinski definition) is 3. The van der Waals surface area contributed by atoms with E-state index in [1.165, 1.54) is 12.1 Å². The smallest absolute Gasteiger partial charge is 0.321 e. The molecule has 4 rings (SSSR count). The third-order valence-corrected chi connectivity index (χ3v) is 5.80. The Kier molecular flexibility index (Phi) is 6.28. The zero-order valence-corrected chi connectivity index (χ0v) is 16.8. The summed E-state index contributed by atoms with van der Waals surface area (Å²) in [6.45, 7) is 3.03. The summed E-state index contributed by atoms with van der Waals surface area (Å²) in [6, 6.07) is 15.6. The molecule has 2 unspecified atom stereocenters. The van der Waals surface area contributed by atoms with Gasteiger partial charge in [-0.1, -0.05) is 42.5 Å². The Balaban J connectivity index is 1.53. The number of piperidine rings is 1. The molecule has 2 heterocycles. The molecule has 3 amide bonds. The number of rotatable bonds is 3. The van der Waals surface area contributed by atoms with E-state index in [0.29, 0.717) is 45.8 Å². The van der Waals surface area contributed by atoms with Crippen LogP contribution >= 0.6 is 0 Å². The molecule has 2 aromatic rings. The Morgan fingerprint density at radius 1 is 0.933 bits per heavy atom. The predicted molar refractivity (Wildman–Crippen MR) is 112 cm³/mol. The van der Waals surface area contributed by atoms with E-state index in [-0.39, 0.29) is 29.5 Å². The third-order valence-electron chi connectivity index (χ3n) is 5.80. The number of morpholine rings is 1. The molecule has 2 saturated heterocycles. The third kappa shape index (κ3) is 4.62. The van der Waals surface area contributed by atoms with E-state index in [0.717, 1.165) is 5.56 Å². The minimum atomic E-state index is -0.483. The van der Waals surface area contributed by atoms with Crippen molar-refractivity contribution in [3.8, 4) is 0 Å². The summed E-state index contributed by atoms with van der Waals surface area (Å²) in [4.78, 5) is 29.6. The fourth-order valence-electron chi connectivity index (χ4n) is 4.21. The number of urea groups is 1. The van der Waals surface area contributed by atoms with Gasteiger partial charge in [-0.05, 0) is 24.1 Å². The van der Waals surface area contributed by atoms with Crippen molar-refractivity contribution >= 4 is 17.6 Å². The number of carbonyl (C=O) groups excluding carboxylic acids is 2. The number of para-hydroxylation sites is 1. The summed E-state index contributed by atoms with van der Waals surface area (Å²) in [5.41, 5.74) is 1.24. The van der Waals surface area contributed by atoms with Gasteiger partial charge in [0, 0.05) is 32.1 Å². The number of hydrogen-bond donors (Lipinski definition) is 1. The van der Waals surface area contributed by atoms with Crippen molar-refractivity contribution in [1.82, 2.24) is 9.80 Å². The summed E-state index contributed by atoms with van der Waals surface area (Å²) in [6.07, 6.45) is 0.684. The average molecular weight is 411 g/mol. The van der Waals surface area contributed by atoms with Crippen LogP contribution in [-0.4, -0.2) is 61.1 Å². The molecule has 0 aliphatic carbocycles. The standard InChI is InChI=1S/C23H26FN3O3/c24-20-8-4-5-9-21(20)25-23(29)27-15-18(17-6-2-1-3-7-17)14-19(16-27)22(28)26-10-12-30-13-11-26/h1-9,18-19H,10-16H2,(H,25,29). The number of likely N-dealkylation sites (tertiary alicyclic amines) is 1. The van der Waals surface area contributed by atoms with Gasteiger partial charge in [0.1, 0.15) is 5.82 Å². The van der Waals surface area contributed by atoms with E-state index in [1.807, 2.05) is 35.2 Å². The predicted octanol–water partition coefficient (Wildman–Crippen LogP) is 3.32. The highest BCUT2D eigenvalue weighted by Crippen LogP contribution is 2.32. The van der Waals surface area contributed by atoms with Crippen molar-refractivity contribution in [3.63, 3.8) is 0 Å². The van der Waals surface area contributed by atoms with Gasteiger partial charge in [0.05, 0.1) is 24.8 Å². The van der Waals surface area contributed by atoms with E-state index in [2.05, 4.69) is 5.32 Å². The van der Waals surface area contributed by atoms with Crippen molar-refractivity contribution in [2.45, 2.75) is 12.3 Å². The minimum Gasteiger partial charge on any atom is -0.378 e. The number of nitrogens with zero attached hydrogens (tertiary/aromatic N) is 2. The normalized spacial score (nSPS) is 21.9. The molecule has 2 atom stereocenters. The molecule has 30 heavy (non-hydrogen) atoms. The van der Waals surface area contributed by atoms with Gasteiger partial charge in [0.25, 0.3) is 0 Å². The summed E-state index contributed by atoms with van der Waals surface area (Å²) >= 11 is 0. The largest absolute Gasteiger partial charge is 0.378 e. The molecular formula is C23H26FN3O3. The molecule has 2 aromatic carbocycles. The highest BCUT2D eigenvalue weighted by molar-refractivity contribution is 5.90. The molecule has 158 valence electrons. The molecule has 2 aliphatic heterocycles. The Labute approximate surface area is 175 Å². The lowest BCUT2D eigenvalue weighted by Gasteiger charge is -2.39. The fourth-order valence-corrected chi connectivity index (χ4v) is 4.21. The highest BCUT2D eigenvalue weighted by Gasteiger charge is 2.36. The van der Waals surface area contributed by atoms with Crippen LogP contribution in [0, 0.1) is 11.7 Å². The van der Waals surface area contributed by atoms with E-state index in [1.54, 1.807) is 17.0 Å². The molecule has 0 bridgehead atoms. The first-order valence-electron chi connectivity index (χ1n) is 10.3. The Morgan fingerprint density at radius 3 is 2.37 bits per heavy atom. The number of carbonyl (C=O) groups is 2. The first kappa shape index (κ1) is 20.3. The second-order valence-electron chi connectivity index (χ2n) is 7.79. The topological polar surface area (TPSA) is 61.9 Å². The second-order valence-corrected chi connectivity index (χ2v) is 7.79. The highest BCUT2D eigenvalue weighted by atomic mass is 19.1. The first-order valence-corrected chi connectivity index (χ1v) is 10.3. The van der Waals surface area contributed by atoms with E-state index >= 15 is 0 Å². The maximum Gasteiger partial charge on any atom is 0.321 e. The van der Waals surface area contributed by atoms with Gasteiger partial charge in [-0.3, -0.25) is 4.79 Å². The van der Waals surface area contributed by atoms with E-state index in [4.69, 9.17) is 4.74 Å². The SMILES string of the molecule is O=C(Nc1ccccc1F)N1CC(C(=O)N2CCOCC2)CC(c2ccccc2)C1. The zero-order valence-electron chi connectivity index (χ0n) is 16.8. The van der Waals surface area contributed by atoms with Crippen LogP contribution in [0.2, 0.25) is 0 Å². The van der Waals surface area contributed by atoms with Crippen LogP contribution in [0.4, 0.5) is 14.9 Å². The summed E-state index contributed by atoms with van der Waals surface area (Å²) < 4.78 is 19.4. The number of benzene rings is 2. The molecule has 0 aromatic heterocycles. The van der Waals surface area contributed by atoms with Gasteiger partial charge in [-0.2, -0.15) is 0 Å². The number of anilines is 1. The van der Waals surface area contributed by atoms with Gasteiger partial charge >= 0.3 is 6.03 Å². The minimum absolute atomic E-state index is 0.0429. The van der Waals surface area contributed by atoms with Crippen molar-refractivity contribution in [3.05, 3.63) is 66.0 Å². The molecule has 0 spiro atoms. The van der Waals surface area contributed by atoms with Crippen LogP contribution in [0.1, 0.15) is 17.9 Å². The van der Waals surface area contributed by atoms with Crippen LogP contribution < -0.4 is 5.32 Å². The van der Waals surface area contributed by atoms with Crippen molar-refractivity contribution in [1.29, 1.82) is 0 Å². The van der Waals surface area contributed by atoms with Gasteiger partial charge < -0.3 is 19.9 Å². The molecular weight excluding hydrogens is 385 g/mol. The van der Waals surface area contributed by atoms with Crippen LogP contribution in [0.25, 0.3) is 0 Å². The summed E-state index contributed by atoms with van der Waals surface area (Å²) in [7, 11) is 0. The lowest BCUT2D eigenvalue weighted by Crippen LogP contribution is -2.52. The first-order chi connectivity index (χ1) is 14.6. The fraction of sp³-hybridized carbons (Fsp3) is 0.391. The van der Waals surface area contributed by atoms with Crippen molar-refractivity contribution in [2.75, 3.05) is 44.7 Å². The summed E-state index contributed by atoms with van der Waals surface area (Å²) in [5.74, 6) is -0.680. The molecule has 0 radical (unpaired) electrons. The van der Waals surface area contributed by atoms with Gasteiger partial charge in [-0.15, -0.1) is 0 Å². The van der Waals surface area contributed by atoms with Gasteiger partial charge in [0.15, 0.2) is 0 Å². The molecule has 0 saturated carbocycles. The monoisotopic (exact) mass is 411 g/mol. The zero-order chi connectivity index (χ0) is 20.9. The van der Waals surface area contributed by atoms with Crippen LogP contribution in [-0.2, 0) is 9.53 Å². The summed E-state index contributed by atoms with van der Waals surface area (Å²) in [5, 5.41) is 2.66. The average Bonchev–Trinajstić information content (AvgIpc) is 2.81. The van der Waals surface area contributed by atoms with Crippen LogP contribution in [0.5, 0.6) is 0 Å². The molecule has 7 heteroatoms. The number of ether oxygens (including phenoxy) is 1. The number of halogens is 1. The lowest BCUT2D eigenvalue weighted by molar-refractivity contribution is -0.141. The molecule has 2 fully saturated rings. The quantitative estimate of drug-likeness (QED) is 0.843. The molecule has 6 nitrogen and oxygen atoms in total. The number of nitrogens with one attached hydrogen (secondary N) is 1. The van der Waals surface area contributed by atoms with E-state index in [9.17, 15) is 14.0 Å². The number of amides is 3. The van der Waals surface area contributed by atoms with Crippen molar-refractivity contribution in [2.24, 2.45) is 5.92 Å². The van der Waals surface area contributed by atoms with E-state index < -0.39 is 5.82 Å². The van der Waals surface area contributed by atoms with Gasteiger partial charge in [0.2, 0.25) is 5.91 Å². The van der Waals surface area contributed by atoms with Gasteiger partial charge in [-0.25, -0.2) is 9.18 Å². The Hall–Kier alpha value is -2.93. The maximum absolute atomic E-state index is 14.0. The van der Waals surface area contributed by atoms with Crippen LogP contribution in [0.3, 0.4) is 0 Å². The molecule has 2 aliphatic rings. The lowest BCUT2D eigenvalue weighted by atomic mass is 9.84. The molecule has 1 N–H and O–H groups in total. The maximum atomic E-state index is 14.0. The second kappa shape index (κ2) is 9.26. The Morgan fingerprint density at radius 2 is 1.63 bits per heavy atom. The van der Waals surface area contributed by atoms with Crippen molar-refractivity contribution < 1.29 is 18.7 Å². The Bertz CT molecular complexity index is 886.